The first kappa shape index (κ1) is 12.1. The monoisotopic (exact) mass is 274 g/mol. The Bertz CT molecular complexity index is 643. The van der Waals surface area contributed by atoms with Crippen LogP contribution in [0, 0.1) is 0 Å². The average molecular weight is 275 g/mol. The molecule has 1 aromatic heterocycles. The molecule has 0 bridgehead atoms. The van der Waals surface area contributed by atoms with Crippen LogP contribution in [0.15, 0.2) is 36.7 Å². The maximum Gasteiger partial charge on any atom is 0.255 e. The number of nitrogens with zero attached hydrogens (tertiary/aromatic N) is 1. The molecule has 2 heterocycles. The zero-order valence-electron chi connectivity index (χ0n) is 10.0. The van der Waals surface area contributed by atoms with E-state index in [9.17, 15) is 4.79 Å². The van der Waals surface area contributed by atoms with Crippen LogP contribution < -0.4 is 5.32 Å². The highest BCUT2D eigenvalue weighted by Crippen LogP contribution is 2.23. The van der Waals surface area contributed by atoms with Gasteiger partial charge in [-0.25, -0.2) is 0 Å². The lowest BCUT2D eigenvalue weighted by atomic mass is 10.1. The first-order valence-corrected chi connectivity index (χ1v) is 6.22. The maximum atomic E-state index is 12.1. The number of benzene rings is 1. The summed E-state index contributed by atoms with van der Waals surface area (Å²) < 4.78 is 5.32. The zero-order valence-corrected chi connectivity index (χ0v) is 10.8. The minimum absolute atomic E-state index is 0.204. The van der Waals surface area contributed by atoms with E-state index in [1.807, 2.05) is 12.1 Å². The van der Waals surface area contributed by atoms with E-state index in [0.717, 1.165) is 11.1 Å². The second-order valence-electron chi connectivity index (χ2n) is 4.29. The highest BCUT2D eigenvalue weighted by molar-refractivity contribution is 6.33. The van der Waals surface area contributed by atoms with Crippen molar-refractivity contribution < 1.29 is 9.53 Å². The SMILES string of the molecule is O=C(Nc1cnccc1Cl)c1ccc2c(c1)COC2. The molecule has 0 aliphatic carbocycles. The summed E-state index contributed by atoms with van der Waals surface area (Å²) in [6.45, 7) is 1.18. The predicted molar refractivity (Wildman–Crippen MR) is 72.1 cm³/mol. The van der Waals surface area contributed by atoms with Crippen LogP contribution in [0.25, 0.3) is 0 Å². The molecule has 0 saturated carbocycles. The Morgan fingerprint density at radius 2 is 2.11 bits per heavy atom. The molecular formula is C14H11ClN2O2. The van der Waals surface area contributed by atoms with Gasteiger partial charge in [0.25, 0.3) is 5.91 Å². The molecule has 1 aromatic carbocycles. The van der Waals surface area contributed by atoms with Crippen LogP contribution in [0.1, 0.15) is 21.5 Å². The van der Waals surface area contributed by atoms with Crippen molar-refractivity contribution in [3.63, 3.8) is 0 Å². The topological polar surface area (TPSA) is 51.2 Å². The van der Waals surface area contributed by atoms with Gasteiger partial charge in [-0.2, -0.15) is 0 Å². The number of anilines is 1. The molecule has 96 valence electrons. The van der Waals surface area contributed by atoms with E-state index in [-0.39, 0.29) is 5.91 Å². The molecule has 0 unspecified atom stereocenters. The van der Waals surface area contributed by atoms with Crippen molar-refractivity contribution in [1.82, 2.24) is 4.98 Å². The van der Waals surface area contributed by atoms with E-state index >= 15 is 0 Å². The lowest BCUT2D eigenvalue weighted by Crippen LogP contribution is -2.12. The van der Waals surface area contributed by atoms with Crippen LogP contribution in [0.2, 0.25) is 5.02 Å². The Labute approximate surface area is 115 Å². The lowest BCUT2D eigenvalue weighted by Gasteiger charge is -2.07. The van der Waals surface area contributed by atoms with Crippen LogP contribution in [-0.4, -0.2) is 10.9 Å². The highest BCUT2D eigenvalue weighted by atomic mass is 35.5. The van der Waals surface area contributed by atoms with E-state index in [0.29, 0.717) is 29.5 Å². The third-order valence-electron chi connectivity index (χ3n) is 3.00. The number of carbonyl (C=O) groups excluding carboxylic acids is 1. The van der Waals surface area contributed by atoms with Crippen molar-refractivity contribution in [2.75, 3.05) is 5.32 Å². The number of fused-ring (bicyclic) bond motifs is 1. The van der Waals surface area contributed by atoms with Crippen molar-refractivity contribution in [2.24, 2.45) is 0 Å². The molecule has 0 spiro atoms. The predicted octanol–water partition coefficient (Wildman–Crippen LogP) is 3.02. The van der Waals surface area contributed by atoms with Gasteiger partial charge in [0.2, 0.25) is 0 Å². The summed E-state index contributed by atoms with van der Waals surface area (Å²) >= 11 is 5.97. The third kappa shape index (κ3) is 2.45. The number of halogens is 1. The Balaban J connectivity index is 1.83. The highest BCUT2D eigenvalue weighted by Gasteiger charge is 2.15. The summed E-state index contributed by atoms with van der Waals surface area (Å²) in [4.78, 5) is 16.1. The maximum absolute atomic E-state index is 12.1. The van der Waals surface area contributed by atoms with E-state index in [2.05, 4.69) is 10.3 Å². The van der Waals surface area contributed by atoms with Gasteiger partial charge in [0.15, 0.2) is 0 Å². The van der Waals surface area contributed by atoms with E-state index < -0.39 is 0 Å². The minimum atomic E-state index is -0.204. The standard InChI is InChI=1S/C14H11ClN2O2/c15-12-3-4-16-6-13(12)17-14(18)9-1-2-10-7-19-8-11(10)5-9/h1-6H,7-8H2,(H,17,18). The lowest BCUT2D eigenvalue weighted by molar-refractivity contribution is 0.102. The van der Waals surface area contributed by atoms with Crippen molar-refractivity contribution in [2.45, 2.75) is 13.2 Å². The number of nitrogens with one attached hydrogen (secondary N) is 1. The van der Waals surface area contributed by atoms with Gasteiger partial charge in [0, 0.05) is 11.8 Å². The number of hydrogen-bond acceptors (Lipinski definition) is 3. The Kier molecular flexibility index (Phi) is 3.19. The summed E-state index contributed by atoms with van der Waals surface area (Å²) in [5.74, 6) is -0.204. The number of hydrogen-bond donors (Lipinski definition) is 1. The normalized spacial score (nSPS) is 13.1. The Morgan fingerprint density at radius 1 is 1.26 bits per heavy atom. The summed E-state index contributed by atoms with van der Waals surface area (Å²) in [6.07, 6.45) is 3.10. The van der Waals surface area contributed by atoms with Crippen molar-refractivity contribution in [3.8, 4) is 0 Å². The molecule has 1 aliphatic rings. The third-order valence-corrected chi connectivity index (χ3v) is 3.33. The second kappa shape index (κ2) is 4.99. The quantitative estimate of drug-likeness (QED) is 0.916. The summed E-state index contributed by atoms with van der Waals surface area (Å²) in [7, 11) is 0. The van der Waals surface area contributed by atoms with Gasteiger partial charge >= 0.3 is 0 Å². The van der Waals surface area contributed by atoms with Crippen molar-refractivity contribution >= 4 is 23.2 Å². The van der Waals surface area contributed by atoms with Crippen LogP contribution in [0.3, 0.4) is 0 Å². The van der Waals surface area contributed by atoms with Gasteiger partial charge in [-0.1, -0.05) is 17.7 Å². The number of pyridine rings is 1. The van der Waals surface area contributed by atoms with Crippen LogP contribution >= 0.6 is 11.6 Å². The fraction of sp³-hybridized carbons (Fsp3) is 0.143. The van der Waals surface area contributed by atoms with Crippen molar-refractivity contribution in [3.05, 3.63) is 58.4 Å². The number of carbonyl (C=O) groups is 1. The molecule has 1 N–H and O–H groups in total. The van der Waals surface area contributed by atoms with Gasteiger partial charge in [-0.3, -0.25) is 9.78 Å². The summed E-state index contributed by atoms with van der Waals surface area (Å²) in [5.41, 5.74) is 3.29. The minimum Gasteiger partial charge on any atom is -0.372 e. The smallest absolute Gasteiger partial charge is 0.255 e. The second-order valence-corrected chi connectivity index (χ2v) is 4.69. The molecule has 4 nitrogen and oxygen atoms in total. The molecule has 1 aliphatic heterocycles. The van der Waals surface area contributed by atoms with E-state index in [4.69, 9.17) is 16.3 Å². The summed E-state index contributed by atoms with van der Waals surface area (Å²) in [6, 6.07) is 7.19. The molecule has 3 rings (SSSR count). The van der Waals surface area contributed by atoms with E-state index in [1.54, 1.807) is 18.3 Å². The average Bonchev–Trinajstić information content (AvgIpc) is 2.88. The molecule has 0 atom stereocenters. The van der Waals surface area contributed by atoms with Gasteiger partial charge in [0.05, 0.1) is 30.1 Å². The van der Waals surface area contributed by atoms with Crippen LogP contribution in [0.5, 0.6) is 0 Å². The van der Waals surface area contributed by atoms with Gasteiger partial charge in [-0.05, 0) is 29.3 Å². The van der Waals surface area contributed by atoms with Gasteiger partial charge in [-0.15, -0.1) is 0 Å². The fourth-order valence-corrected chi connectivity index (χ4v) is 2.13. The number of aromatic nitrogens is 1. The van der Waals surface area contributed by atoms with Crippen molar-refractivity contribution in [1.29, 1.82) is 0 Å². The molecule has 19 heavy (non-hydrogen) atoms. The number of ether oxygens (including phenoxy) is 1. The largest absolute Gasteiger partial charge is 0.372 e. The van der Waals surface area contributed by atoms with E-state index in [1.165, 1.54) is 6.20 Å². The molecule has 1 amide bonds. The zero-order chi connectivity index (χ0) is 13.2. The first-order valence-electron chi connectivity index (χ1n) is 5.84. The molecule has 0 fully saturated rings. The molecule has 5 heteroatoms. The molecule has 0 radical (unpaired) electrons. The van der Waals surface area contributed by atoms with Gasteiger partial charge < -0.3 is 10.1 Å². The molecule has 2 aromatic rings. The number of amides is 1. The molecule has 0 saturated heterocycles. The molecular weight excluding hydrogens is 264 g/mol. The van der Waals surface area contributed by atoms with Crippen LogP contribution in [-0.2, 0) is 18.0 Å². The fourth-order valence-electron chi connectivity index (χ4n) is 1.98. The Morgan fingerprint density at radius 3 is 2.95 bits per heavy atom. The Hall–Kier alpha value is -1.91. The number of rotatable bonds is 2. The summed E-state index contributed by atoms with van der Waals surface area (Å²) in [5, 5.41) is 3.21. The first-order chi connectivity index (χ1) is 9.24. The van der Waals surface area contributed by atoms with Gasteiger partial charge in [0.1, 0.15) is 0 Å². The van der Waals surface area contributed by atoms with Crippen LogP contribution in [0.4, 0.5) is 5.69 Å².